The van der Waals surface area contributed by atoms with Crippen LogP contribution in [0.2, 0.25) is 5.02 Å². The van der Waals surface area contributed by atoms with Crippen molar-refractivity contribution < 1.29 is 23.5 Å². The van der Waals surface area contributed by atoms with Crippen LogP contribution in [0.1, 0.15) is 35.9 Å². The summed E-state index contributed by atoms with van der Waals surface area (Å²) in [6.07, 6.45) is 1.62. The molecule has 2 amide bonds. The zero-order chi connectivity index (χ0) is 20.8. The van der Waals surface area contributed by atoms with Crippen LogP contribution in [-0.2, 0) is 20.9 Å². The molecular weight excluding hydrogens is 396 g/mol. The summed E-state index contributed by atoms with van der Waals surface area (Å²) >= 11 is 5.86. The number of halogens is 1. The second-order valence-electron chi connectivity index (χ2n) is 6.95. The van der Waals surface area contributed by atoms with Gasteiger partial charge < -0.3 is 19.4 Å². The Labute approximate surface area is 174 Å². The van der Waals surface area contributed by atoms with Crippen LogP contribution in [0.5, 0.6) is 0 Å². The minimum atomic E-state index is -0.897. The van der Waals surface area contributed by atoms with Crippen molar-refractivity contribution in [3.05, 3.63) is 59.0 Å². The van der Waals surface area contributed by atoms with Crippen molar-refractivity contribution in [3.63, 3.8) is 0 Å². The highest BCUT2D eigenvalue weighted by molar-refractivity contribution is 6.30. The average Bonchev–Trinajstić information content (AvgIpc) is 3.25. The van der Waals surface area contributed by atoms with Crippen molar-refractivity contribution in [2.45, 2.75) is 32.4 Å². The molecule has 1 fully saturated rings. The first-order valence-electron chi connectivity index (χ1n) is 9.49. The van der Waals surface area contributed by atoms with Crippen molar-refractivity contribution in [2.75, 3.05) is 13.1 Å². The van der Waals surface area contributed by atoms with Gasteiger partial charge in [-0.3, -0.25) is 14.4 Å². The molecule has 0 aliphatic carbocycles. The summed E-state index contributed by atoms with van der Waals surface area (Å²) < 4.78 is 10.5. The van der Waals surface area contributed by atoms with E-state index in [2.05, 4.69) is 5.32 Å². The van der Waals surface area contributed by atoms with Crippen molar-refractivity contribution >= 4 is 29.4 Å². The Morgan fingerprint density at radius 1 is 1.21 bits per heavy atom. The topological polar surface area (TPSA) is 88.8 Å². The van der Waals surface area contributed by atoms with Gasteiger partial charge in [0.15, 0.2) is 6.10 Å². The molecule has 0 bridgehead atoms. The zero-order valence-corrected chi connectivity index (χ0v) is 16.9. The number of benzene rings is 1. The van der Waals surface area contributed by atoms with E-state index in [0.717, 1.165) is 0 Å². The summed E-state index contributed by atoms with van der Waals surface area (Å²) in [5.41, 5.74) is 0.567. The Morgan fingerprint density at radius 3 is 2.52 bits per heavy atom. The van der Waals surface area contributed by atoms with E-state index in [1.807, 2.05) is 0 Å². The lowest BCUT2D eigenvalue weighted by atomic mass is 9.96. The minimum Gasteiger partial charge on any atom is -0.467 e. The van der Waals surface area contributed by atoms with E-state index in [0.29, 0.717) is 42.3 Å². The molecule has 1 aliphatic rings. The number of piperidine rings is 1. The highest BCUT2D eigenvalue weighted by Gasteiger charge is 2.30. The molecule has 7 nitrogen and oxygen atoms in total. The van der Waals surface area contributed by atoms with Crippen molar-refractivity contribution in [1.82, 2.24) is 10.2 Å². The lowest BCUT2D eigenvalue weighted by Gasteiger charge is -2.31. The zero-order valence-electron chi connectivity index (χ0n) is 16.1. The summed E-state index contributed by atoms with van der Waals surface area (Å²) in [7, 11) is 0. The Balaban J connectivity index is 1.43. The second kappa shape index (κ2) is 9.60. The number of amides is 2. The van der Waals surface area contributed by atoms with Gasteiger partial charge >= 0.3 is 5.97 Å². The van der Waals surface area contributed by atoms with Crippen LogP contribution in [0.3, 0.4) is 0 Å². The van der Waals surface area contributed by atoms with E-state index in [-0.39, 0.29) is 24.3 Å². The third-order valence-electron chi connectivity index (χ3n) is 4.89. The molecule has 1 N–H and O–H groups in total. The Kier molecular flexibility index (Phi) is 6.93. The van der Waals surface area contributed by atoms with Crippen molar-refractivity contribution in [2.24, 2.45) is 5.92 Å². The Hall–Kier alpha value is -2.80. The Morgan fingerprint density at radius 2 is 1.90 bits per heavy atom. The van der Waals surface area contributed by atoms with Gasteiger partial charge in [-0.2, -0.15) is 0 Å². The van der Waals surface area contributed by atoms with Gasteiger partial charge in [-0.25, -0.2) is 0 Å². The van der Waals surface area contributed by atoms with Crippen LogP contribution in [0.25, 0.3) is 0 Å². The summed E-state index contributed by atoms with van der Waals surface area (Å²) in [6.45, 7) is 2.69. The highest BCUT2D eigenvalue weighted by Crippen LogP contribution is 2.21. The number of hydrogen-bond donors (Lipinski definition) is 1. The van der Waals surface area contributed by atoms with Crippen LogP contribution < -0.4 is 5.32 Å². The molecule has 1 atom stereocenters. The van der Waals surface area contributed by atoms with Gasteiger partial charge in [0.25, 0.3) is 11.8 Å². The summed E-state index contributed by atoms with van der Waals surface area (Å²) in [5.74, 6) is -0.590. The first kappa shape index (κ1) is 20.9. The second-order valence-corrected chi connectivity index (χ2v) is 7.39. The SMILES string of the molecule is C[C@@H](OC(=O)C1CCN(C(=O)c2ccc(Cl)cc2)CC1)C(=O)NCc1ccco1. The van der Waals surface area contributed by atoms with Gasteiger partial charge in [0.1, 0.15) is 5.76 Å². The maximum atomic E-state index is 12.5. The predicted molar refractivity (Wildman–Crippen MR) is 106 cm³/mol. The molecule has 0 unspecified atom stereocenters. The number of nitrogens with one attached hydrogen (secondary N) is 1. The van der Waals surface area contributed by atoms with Crippen LogP contribution in [-0.4, -0.2) is 41.9 Å². The standard InChI is InChI=1S/C21H23ClN2O5/c1-14(19(25)23-13-18-3-2-12-28-18)29-21(27)16-8-10-24(11-9-16)20(26)15-4-6-17(22)7-5-15/h2-7,12,14,16H,8-11,13H2,1H3,(H,23,25)/t14-/m1/s1. The van der Waals surface area contributed by atoms with E-state index in [4.69, 9.17) is 20.8 Å². The van der Waals surface area contributed by atoms with E-state index in [1.165, 1.54) is 13.2 Å². The van der Waals surface area contributed by atoms with Gasteiger partial charge in [-0.1, -0.05) is 11.6 Å². The van der Waals surface area contributed by atoms with Gasteiger partial charge in [0.2, 0.25) is 0 Å². The smallest absolute Gasteiger partial charge is 0.309 e. The molecular formula is C21H23ClN2O5. The fraction of sp³-hybridized carbons (Fsp3) is 0.381. The molecule has 0 radical (unpaired) electrons. The Bertz CT molecular complexity index is 842. The molecule has 2 heterocycles. The molecule has 0 saturated carbocycles. The molecule has 1 aromatic carbocycles. The molecule has 29 heavy (non-hydrogen) atoms. The number of rotatable bonds is 6. The van der Waals surface area contributed by atoms with E-state index < -0.39 is 12.1 Å². The normalized spacial score (nSPS) is 15.6. The van der Waals surface area contributed by atoms with E-state index in [1.54, 1.807) is 41.3 Å². The third-order valence-corrected chi connectivity index (χ3v) is 5.14. The number of nitrogens with zero attached hydrogens (tertiary/aromatic N) is 1. The largest absolute Gasteiger partial charge is 0.467 e. The number of esters is 1. The molecule has 2 aromatic rings. The fourth-order valence-electron chi connectivity index (χ4n) is 3.15. The van der Waals surface area contributed by atoms with Crippen LogP contribution in [0, 0.1) is 5.92 Å². The van der Waals surface area contributed by atoms with E-state index in [9.17, 15) is 14.4 Å². The highest BCUT2D eigenvalue weighted by atomic mass is 35.5. The van der Waals surface area contributed by atoms with E-state index >= 15 is 0 Å². The minimum absolute atomic E-state index is 0.0841. The number of ether oxygens (including phenoxy) is 1. The van der Waals surface area contributed by atoms with Gasteiger partial charge in [0, 0.05) is 23.7 Å². The first-order chi connectivity index (χ1) is 13.9. The third kappa shape index (κ3) is 5.60. The predicted octanol–water partition coefficient (Wildman–Crippen LogP) is 3.03. The molecule has 1 saturated heterocycles. The van der Waals surface area contributed by atoms with Crippen molar-refractivity contribution in [3.8, 4) is 0 Å². The number of carbonyl (C=O) groups is 3. The summed E-state index contributed by atoms with van der Waals surface area (Å²) in [4.78, 5) is 38.7. The molecule has 154 valence electrons. The van der Waals surface area contributed by atoms with Crippen molar-refractivity contribution in [1.29, 1.82) is 0 Å². The van der Waals surface area contributed by atoms with Crippen LogP contribution in [0.4, 0.5) is 0 Å². The molecule has 1 aromatic heterocycles. The lowest BCUT2D eigenvalue weighted by Crippen LogP contribution is -2.42. The first-order valence-corrected chi connectivity index (χ1v) is 9.87. The molecule has 1 aliphatic heterocycles. The number of likely N-dealkylation sites (tertiary alicyclic amines) is 1. The van der Waals surface area contributed by atoms with Gasteiger partial charge in [-0.05, 0) is 56.2 Å². The summed E-state index contributed by atoms with van der Waals surface area (Å²) in [5, 5.41) is 3.24. The maximum Gasteiger partial charge on any atom is 0.309 e. The monoisotopic (exact) mass is 418 g/mol. The van der Waals surface area contributed by atoms with Gasteiger partial charge in [0.05, 0.1) is 18.7 Å². The number of furan rings is 1. The lowest BCUT2D eigenvalue weighted by molar-refractivity contribution is -0.160. The van der Waals surface area contributed by atoms with Crippen LogP contribution >= 0.6 is 11.6 Å². The molecule has 0 spiro atoms. The maximum absolute atomic E-state index is 12.5. The molecule has 3 rings (SSSR count). The fourth-order valence-corrected chi connectivity index (χ4v) is 3.27. The number of carbonyl (C=O) groups excluding carboxylic acids is 3. The van der Waals surface area contributed by atoms with Gasteiger partial charge in [-0.15, -0.1) is 0 Å². The summed E-state index contributed by atoms with van der Waals surface area (Å²) in [6, 6.07) is 10.2. The number of hydrogen-bond acceptors (Lipinski definition) is 5. The van der Waals surface area contributed by atoms with Crippen LogP contribution in [0.15, 0.2) is 47.1 Å². The average molecular weight is 419 g/mol. The molecule has 8 heteroatoms. The quantitative estimate of drug-likeness (QED) is 0.728.